The second kappa shape index (κ2) is 5.05. The summed E-state index contributed by atoms with van der Waals surface area (Å²) in [5.41, 5.74) is 5.76. The molecule has 0 aliphatic carbocycles. The molecule has 1 heterocycles. The SMILES string of the molecule is CCCCC(C)n1nnnc1C(C)N. The summed E-state index contributed by atoms with van der Waals surface area (Å²) in [7, 11) is 0. The molecule has 14 heavy (non-hydrogen) atoms. The molecule has 5 heteroatoms. The van der Waals surface area contributed by atoms with Crippen molar-refractivity contribution in [1.29, 1.82) is 0 Å². The molecule has 0 aliphatic rings. The van der Waals surface area contributed by atoms with Gasteiger partial charge in [0.1, 0.15) is 0 Å². The molecule has 0 saturated carbocycles. The van der Waals surface area contributed by atoms with Crippen LogP contribution in [0.2, 0.25) is 0 Å². The standard InChI is InChI=1S/C9H19N5/c1-4-5-6-7(2)14-9(8(3)10)11-12-13-14/h7-8H,4-6,10H2,1-3H3. The summed E-state index contributed by atoms with van der Waals surface area (Å²) in [5.74, 6) is 0.772. The maximum absolute atomic E-state index is 5.76. The van der Waals surface area contributed by atoms with Crippen LogP contribution in [0.3, 0.4) is 0 Å². The van der Waals surface area contributed by atoms with Gasteiger partial charge in [-0.2, -0.15) is 0 Å². The predicted octanol–water partition coefficient (Wildman–Crippen LogP) is 1.44. The largest absolute Gasteiger partial charge is 0.322 e. The van der Waals surface area contributed by atoms with E-state index in [1.54, 1.807) is 0 Å². The molecule has 1 aromatic heterocycles. The van der Waals surface area contributed by atoms with Crippen LogP contribution in [-0.2, 0) is 0 Å². The summed E-state index contributed by atoms with van der Waals surface area (Å²) >= 11 is 0. The molecule has 0 spiro atoms. The fraction of sp³-hybridized carbons (Fsp3) is 0.889. The molecule has 2 unspecified atom stereocenters. The van der Waals surface area contributed by atoms with Crippen LogP contribution < -0.4 is 5.73 Å². The Bertz CT molecular complexity index is 268. The van der Waals surface area contributed by atoms with Gasteiger partial charge in [0.05, 0.1) is 12.1 Å². The maximum Gasteiger partial charge on any atom is 0.167 e. The topological polar surface area (TPSA) is 69.6 Å². The molecular formula is C9H19N5. The van der Waals surface area contributed by atoms with Crippen LogP contribution in [0.5, 0.6) is 0 Å². The Balaban J connectivity index is 2.68. The number of rotatable bonds is 5. The number of hydrogen-bond donors (Lipinski definition) is 1. The first-order valence-electron chi connectivity index (χ1n) is 5.20. The van der Waals surface area contributed by atoms with Gasteiger partial charge in [-0.25, -0.2) is 4.68 Å². The van der Waals surface area contributed by atoms with Crippen molar-refractivity contribution in [3.8, 4) is 0 Å². The molecule has 80 valence electrons. The van der Waals surface area contributed by atoms with E-state index in [0.29, 0.717) is 6.04 Å². The van der Waals surface area contributed by atoms with Gasteiger partial charge in [-0.3, -0.25) is 0 Å². The van der Waals surface area contributed by atoms with Crippen molar-refractivity contribution in [3.05, 3.63) is 5.82 Å². The first kappa shape index (κ1) is 11.1. The summed E-state index contributed by atoms with van der Waals surface area (Å²) in [6, 6.07) is 0.236. The van der Waals surface area contributed by atoms with Crippen molar-refractivity contribution in [2.24, 2.45) is 5.73 Å². The highest BCUT2D eigenvalue weighted by Crippen LogP contribution is 2.16. The van der Waals surface area contributed by atoms with Crippen LogP contribution in [0.25, 0.3) is 0 Å². The van der Waals surface area contributed by atoms with Crippen LogP contribution in [0.15, 0.2) is 0 Å². The lowest BCUT2D eigenvalue weighted by Crippen LogP contribution is -2.17. The third-order valence-electron chi connectivity index (χ3n) is 2.32. The highest BCUT2D eigenvalue weighted by molar-refractivity contribution is 4.89. The Kier molecular flexibility index (Phi) is 4.00. The zero-order valence-corrected chi connectivity index (χ0v) is 9.14. The lowest BCUT2D eigenvalue weighted by atomic mass is 10.1. The average molecular weight is 197 g/mol. The monoisotopic (exact) mass is 197 g/mol. The highest BCUT2D eigenvalue weighted by Gasteiger charge is 2.14. The van der Waals surface area contributed by atoms with Crippen LogP contribution in [-0.4, -0.2) is 20.2 Å². The van der Waals surface area contributed by atoms with E-state index in [2.05, 4.69) is 29.4 Å². The lowest BCUT2D eigenvalue weighted by Gasteiger charge is -2.13. The smallest absolute Gasteiger partial charge is 0.167 e. The van der Waals surface area contributed by atoms with Crippen molar-refractivity contribution in [2.45, 2.75) is 52.1 Å². The van der Waals surface area contributed by atoms with E-state index in [4.69, 9.17) is 5.73 Å². The summed E-state index contributed by atoms with van der Waals surface area (Å²) in [4.78, 5) is 0. The minimum absolute atomic E-state index is 0.103. The van der Waals surface area contributed by atoms with Gasteiger partial charge in [-0.15, -0.1) is 5.10 Å². The molecule has 1 aromatic rings. The number of nitrogens with zero attached hydrogens (tertiary/aromatic N) is 4. The van der Waals surface area contributed by atoms with E-state index in [9.17, 15) is 0 Å². The van der Waals surface area contributed by atoms with Crippen LogP contribution in [0.1, 0.15) is 57.9 Å². The summed E-state index contributed by atoms with van der Waals surface area (Å²) in [6.07, 6.45) is 3.49. The van der Waals surface area contributed by atoms with Crippen molar-refractivity contribution >= 4 is 0 Å². The van der Waals surface area contributed by atoms with Crippen LogP contribution in [0.4, 0.5) is 0 Å². The van der Waals surface area contributed by atoms with Gasteiger partial charge >= 0.3 is 0 Å². The van der Waals surface area contributed by atoms with E-state index in [0.717, 1.165) is 12.2 Å². The molecule has 0 saturated heterocycles. The average Bonchev–Trinajstić information content (AvgIpc) is 2.62. The van der Waals surface area contributed by atoms with Crippen molar-refractivity contribution in [2.75, 3.05) is 0 Å². The molecule has 1 rings (SSSR count). The first-order valence-corrected chi connectivity index (χ1v) is 5.20. The zero-order valence-electron chi connectivity index (χ0n) is 9.14. The minimum atomic E-state index is -0.103. The Labute approximate surface area is 84.7 Å². The second-order valence-electron chi connectivity index (χ2n) is 3.76. The van der Waals surface area contributed by atoms with E-state index in [-0.39, 0.29) is 6.04 Å². The van der Waals surface area contributed by atoms with E-state index in [1.165, 1.54) is 12.8 Å². The van der Waals surface area contributed by atoms with Crippen molar-refractivity contribution < 1.29 is 0 Å². The molecule has 0 aliphatic heterocycles. The number of tetrazole rings is 1. The quantitative estimate of drug-likeness (QED) is 0.775. The van der Waals surface area contributed by atoms with E-state index >= 15 is 0 Å². The number of unbranched alkanes of at least 4 members (excludes halogenated alkanes) is 1. The third kappa shape index (κ3) is 2.51. The summed E-state index contributed by atoms with van der Waals surface area (Å²) < 4.78 is 1.83. The van der Waals surface area contributed by atoms with Crippen molar-refractivity contribution in [1.82, 2.24) is 20.2 Å². The molecule has 0 radical (unpaired) electrons. The van der Waals surface area contributed by atoms with Gasteiger partial charge in [0.15, 0.2) is 5.82 Å². The molecule has 0 amide bonds. The Morgan fingerprint density at radius 2 is 2.14 bits per heavy atom. The molecular weight excluding hydrogens is 178 g/mol. The molecule has 0 bridgehead atoms. The van der Waals surface area contributed by atoms with Gasteiger partial charge in [-0.1, -0.05) is 19.8 Å². The Morgan fingerprint density at radius 1 is 1.43 bits per heavy atom. The van der Waals surface area contributed by atoms with E-state index < -0.39 is 0 Å². The summed E-state index contributed by atoms with van der Waals surface area (Å²) in [6.45, 7) is 6.20. The summed E-state index contributed by atoms with van der Waals surface area (Å²) in [5, 5.41) is 11.5. The molecule has 0 fully saturated rings. The van der Waals surface area contributed by atoms with Gasteiger partial charge in [-0.05, 0) is 30.7 Å². The fourth-order valence-corrected chi connectivity index (χ4v) is 1.44. The second-order valence-corrected chi connectivity index (χ2v) is 3.76. The highest BCUT2D eigenvalue weighted by atomic mass is 15.6. The maximum atomic E-state index is 5.76. The van der Waals surface area contributed by atoms with Crippen LogP contribution in [0, 0.1) is 0 Å². The normalized spacial score (nSPS) is 15.4. The molecule has 2 atom stereocenters. The molecule has 2 N–H and O–H groups in total. The Hall–Kier alpha value is -0.970. The van der Waals surface area contributed by atoms with Crippen LogP contribution >= 0.6 is 0 Å². The molecule has 0 aromatic carbocycles. The number of aromatic nitrogens is 4. The lowest BCUT2D eigenvalue weighted by molar-refractivity contribution is 0.412. The van der Waals surface area contributed by atoms with Gasteiger partial charge in [0.25, 0.3) is 0 Å². The van der Waals surface area contributed by atoms with Gasteiger partial charge in [0.2, 0.25) is 0 Å². The first-order chi connectivity index (χ1) is 6.66. The van der Waals surface area contributed by atoms with Crippen molar-refractivity contribution in [3.63, 3.8) is 0 Å². The number of hydrogen-bond acceptors (Lipinski definition) is 4. The number of nitrogens with two attached hydrogens (primary N) is 1. The van der Waals surface area contributed by atoms with Gasteiger partial charge in [0, 0.05) is 0 Å². The third-order valence-corrected chi connectivity index (χ3v) is 2.32. The predicted molar refractivity (Wildman–Crippen MR) is 54.7 cm³/mol. The molecule has 5 nitrogen and oxygen atoms in total. The fourth-order valence-electron chi connectivity index (χ4n) is 1.44. The minimum Gasteiger partial charge on any atom is -0.322 e. The van der Waals surface area contributed by atoms with E-state index in [1.807, 2.05) is 11.6 Å². The van der Waals surface area contributed by atoms with Gasteiger partial charge < -0.3 is 5.73 Å². The zero-order chi connectivity index (χ0) is 10.6. The Morgan fingerprint density at radius 3 is 2.71 bits per heavy atom.